The van der Waals surface area contributed by atoms with E-state index in [0.717, 1.165) is 61.1 Å². The average Bonchev–Trinajstić information content (AvgIpc) is 2.59. The van der Waals surface area contributed by atoms with Crippen LogP contribution in [0.2, 0.25) is 0 Å². The molecule has 1 saturated heterocycles. The Kier molecular flexibility index (Phi) is 4.76. The fourth-order valence-electron chi connectivity index (χ4n) is 3.12. The van der Waals surface area contributed by atoms with Crippen molar-refractivity contribution in [2.45, 2.75) is 20.4 Å². The summed E-state index contributed by atoms with van der Waals surface area (Å²) < 4.78 is 5.51. The second-order valence-corrected chi connectivity index (χ2v) is 6.00. The molecule has 0 radical (unpaired) electrons. The molecule has 3 rings (SSSR count). The SMILES string of the molecule is COc1c(C)cnc(CN2CCN(c3ccccn3)CC2)c1C. The Bertz CT molecular complexity index is 652. The minimum atomic E-state index is 0.874. The largest absolute Gasteiger partial charge is 0.496 e. The second kappa shape index (κ2) is 6.96. The summed E-state index contributed by atoms with van der Waals surface area (Å²) >= 11 is 0. The molecule has 0 unspecified atom stereocenters. The molecule has 2 aromatic heterocycles. The lowest BCUT2D eigenvalue weighted by Gasteiger charge is -2.35. The van der Waals surface area contributed by atoms with Gasteiger partial charge in [-0.25, -0.2) is 4.98 Å². The molecule has 0 aliphatic carbocycles. The summed E-state index contributed by atoms with van der Waals surface area (Å²) in [4.78, 5) is 13.8. The van der Waals surface area contributed by atoms with E-state index in [4.69, 9.17) is 4.74 Å². The Morgan fingerprint density at radius 3 is 2.52 bits per heavy atom. The number of rotatable bonds is 4. The highest BCUT2D eigenvalue weighted by Crippen LogP contribution is 2.25. The molecule has 5 nitrogen and oxygen atoms in total. The van der Waals surface area contributed by atoms with Crippen LogP contribution in [-0.4, -0.2) is 48.2 Å². The van der Waals surface area contributed by atoms with Gasteiger partial charge in [0.25, 0.3) is 0 Å². The van der Waals surface area contributed by atoms with Crippen LogP contribution in [0.4, 0.5) is 5.82 Å². The standard InChI is InChI=1S/C18H24N4O/c1-14-12-20-16(15(2)18(14)23-3)13-21-8-10-22(11-9-21)17-6-4-5-7-19-17/h4-7,12H,8-11,13H2,1-3H3. The van der Waals surface area contributed by atoms with Gasteiger partial charge in [-0.1, -0.05) is 6.07 Å². The maximum Gasteiger partial charge on any atom is 0.128 e. The monoisotopic (exact) mass is 312 g/mol. The third-order valence-electron chi connectivity index (χ3n) is 4.47. The van der Waals surface area contributed by atoms with Gasteiger partial charge in [0, 0.05) is 56.2 Å². The third-order valence-corrected chi connectivity index (χ3v) is 4.47. The number of hydrogen-bond donors (Lipinski definition) is 0. The summed E-state index contributed by atoms with van der Waals surface area (Å²) in [7, 11) is 1.73. The molecule has 3 heterocycles. The Hall–Kier alpha value is -2.14. The Balaban J connectivity index is 1.63. The van der Waals surface area contributed by atoms with E-state index in [9.17, 15) is 0 Å². The Morgan fingerprint density at radius 2 is 1.87 bits per heavy atom. The fourth-order valence-corrected chi connectivity index (χ4v) is 3.12. The number of anilines is 1. The molecular formula is C18H24N4O. The van der Waals surface area contributed by atoms with Crippen LogP contribution in [0, 0.1) is 13.8 Å². The van der Waals surface area contributed by atoms with Crippen molar-refractivity contribution in [1.29, 1.82) is 0 Å². The normalized spacial score (nSPS) is 15.7. The summed E-state index contributed by atoms with van der Waals surface area (Å²) in [5, 5.41) is 0. The van der Waals surface area contributed by atoms with E-state index in [1.165, 1.54) is 0 Å². The first-order valence-corrected chi connectivity index (χ1v) is 8.06. The van der Waals surface area contributed by atoms with E-state index in [0.29, 0.717) is 0 Å². The number of aryl methyl sites for hydroxylation is 1. The minimum Gasteiger partial charge on any atom is -0.496 e. The van der Waals surface area contributed by atoms with E-state index >= 15 is 0 Å². The van der Waals surface area contributed by atoms with Crippen molar-refractivity contribution in [3.05, 3.63) is 47.4 Å². The van der Waals surface area contributed by atoms with Gasteiger partial charge in [-0.2, -0.15) is 0 Å². The number of ether oxygens (including phenoxy) is 1. The predicted molar refractivity (Wildman–Crippen MR) is 92.0 cm³/mol. The number of nitrogens with zero attached hydrogens (tertiary/aromatic N) is 4. The third kappa shape index (κ3) is 3.45. The molecule has 0 saturated carbocycles. The summed E-state index contributed by atoms with van der Waals surface area (Å²) in [5.41, 5.74) is 3.35. The van der Waals surface area contributed by atoms with Crippen molar-refractivity contribution in [2.75, 3.05) is 38.2 Å². The van der Waals surface area contributed by atoms with Crippen molar-refractivity contribution in [2.24, 2.45) is 0 Å². The zero-order chi connectivity index (χ0) is 16.2. The van der Waals surface area contributed by atoms with Crippen LogP contribution in [0.25, 0.3) is 0 Å². The van der Waals surface area contributed by atoms with Crippen LogP contribution in [-0.2, 0) is 6.54 Å². The van der Waals surface area contributed by atoms with E-state index in [1.54, 1.807) is 7.11 Å². The number of methoxy groups -OCH3 is 1. The van der Waals surface area contributed by atoms with Gasteiger partial charge in [0.1, 0.15) is 11.6 Å². The Morgan fingerprint density at radius 1 is 1.09 bits per heavy atom. The molecule has 1 aliphatic rings. The number of piperazine rings is 1. The van der Waals surface area contributed by atoms with E-state index < -0.39 is 0 Å². The highest BCUT2D eigenvalue weighted by atomic mass is 16.5. The highest BCUT2D eigenvalue weighted by Gasteiger charge is 2.19. The lowest BCUT2D eigenvalue weighted by Crippen LogP contribution is -2.46. The first-order valence-electron chi connectivity index (χ1n) is 8.06. The van der Waals surface area contributed by atoms with Gasteiger partial charge in [0.05, 0.1) is 12.8 Å². The molecule has 1 fully saturated rings. The van der Waals surface area contributed by atoms with Crippen LogP contribution in [0.3, 0.4) is 0 Å². The topological polar surface area (TPSA) is 41.5 Å². The zero-order valence-electron chi connectivity index (χ0n) is 14.1. The van der Waals surface area contributed by atoms with Gasteiger partial charge in [-0.3, -0.25) is 9.88 Å². The molecular weight excluding hydrogens is 288 g/mol. The summed E-state index contributed by atoms with van der Waals surface area (Å²) in [6.07, 6.45) is 3.76. The van der Waals surface area contributed by atoms with E-state index in [2.05, 4.69) is 32.8 Å². The van der Waals surface area contributed by atoms with E-state index in [-0.39, 0.29) is 0 Å². The minimum absolute atomic E-state index is 0.874. The second-order valence-electron chi connectivity index (χ2n) is 6.00. The predicted octanol–water partition coefficient (Wildman–Crippen LogP) is 2.42. The maximum absolute atomic E-state index is 5.51. The van der Waals surface area contributed by atoms with Gasteiger partial charge in [0.15, 0.2) is 0 Å². The molecule has 23 heavy (non-hydrogen) atoms. The first-order chi connectivity index (χ1) is 11.2. The molecule has 0 N–H and O–H groups in total. The van der Waals surface area contributed by atoms with Gasteiger partial charge >= 0.3 is 0 Å². The summed E-state index contributed by atoms with van der Waals surface area (Å²) in [6, 6.07) is 6.08. The smallest absolute Gasteiger partial charge is 0.128 e. The van der Waals surface area contributed by atoms with Crippen LogP contribution in [0.5, 0.6) is 5.75 Å². The van der Waals surface area contributed by atoms with Crippen molar-refractivity contribution < 1.29 is 4.74 Å². The molecule has 0 aromatic carbocycles. The van der Waals surface area contributed by atoms with Gasteiger partial charge in [0.2, 0.25) is 0 Å². The van der Waals surface area contributed by atoms with Gasteiger partial charge in [-0.15, -0.1) is 0 Å². The van der Waals surface area contributed by atoms with Crippen molar-refractivity contribution in [3.8, 4) is 5.75 Å². The molecule has 0 spiro atoms. The van der Waals surface area contributed by atoms with Crippen molar-refractivity contribution in [3.63, 3.8) is 0 Å². The van der Waals surface area contributed by atoms with Crippen LogP contribution in [0.1, 0.15) is 16.8 Å². The zero-order valence-corrected chi connectivity index (χ0v) is 14.1. The summed E-state index contributed by atoms with van der Waals surface area (Å²) in [5.74, 6) is 2.03. The molecule has 0 atom stereocenters. The molecule has 2 aromatic rings. The van der Waals surface area contributed by atoms with Crippen molar-refractivity contribution >= 4 is 5.82 Å². The van der Waals surface area contributed by atoms with Gasteiger partial charge in [-0.05, 0) is 26.0 Å². The lowest BCUT2D eigenvalue weighted by molar-refractivity contribution is 0.245. The fraction of sp³-hybridized carbons (Fsp3) is 0.444. The lowest BCUT2D eigenvalue weighted by atomic mass is 10.1. The highest BCUT2D eigenvalue weighted by molar-refractivity contribution is 5.41. The average molecular weight is 312 g/mol. The maximum atomic E-state index is 5.51. The molecule has 0 bridgehead atoms. The quantitative estimate of drug-likeness (QED) is 0.867. The molecule has 1 aliphatic heterocycles. The number of aromatic nitrogens is 2. The molecule has 5 heteroatoms. The molecule has 0 amide bonds. The summed E-state index contributed by atoms with van der Waals surface area (Å²) in [6.45, 7) is 9.05. The number of hydrogen-bond acceptors (Lipinski definition) is 5. The van der Waals surface area contributed by atoms with Crippen LogP contribution >= 0.6 is 0 Å². The van der Waals surface area contributed by atoms with Crippen LogP contribution < -0.4 is 9.64 Å². The molecule has 122 valence electrons. The first kappa shape index (κ1) is 15.7. The van der Waals surface area contributed by atoms with Gasteiger partial charge < -0.3 is 9.64 Å². The van der Waals surface area contributed by atoms with Crippen LogP contribution in [0.15, 0.2) is 30.6 Å². The van der Waals surface area contributed by atoms with E-state index in [1.807, 2.05) is 31.5 Å². The van der Waals surface area contributed by atoms with Crippen molar-refractivity contribution in [1.82, 2.24) is 14.9 Å². The number of pyridine rings is 2. The Labute approximate surface area is 137 Å².